The highest BCUT2D eigenvalue weighted by Gasteiger charge is 2.22. The third kappa shape index (κ3) is 5.67. The van der Waals surface area contributed by atoms with Gasteiger partial charge in [0.15, 0.2) is 0 Å². The Kier molecular flexibility index (Phi) is 7.48. The van der Waals surface area contributed by atoms with Gasteiger partial charge in [-0.15, -0.1) is 0 Å². The lowest BCUT2D eigenvalue weighted by molar-refractivity contribution is -0.137. The van der Waals surface area contributed by atoms with Crippen molar-refractivity contribution in [2.75, 3.05) is 12.4 Å². The van der Waals surface area contributed by atoms with Crippen molar-refractivity contribution in [3.8, 4) is 0 Å². The van der Waals surface area contributed by atoms with Crippen molar-refractivity contribution in [2.45, 2.75) is 51.2 Å². The van der Waals surface area contributed by atoms with E-state index >= 15 is 0 Å². The summed E-state index contributed by atoms with van der Waals surface area (Å²) in [7, 11) is 2.12. The molecule has 1 amide bonds. The highest BCUT2D eigenvalue weighted by atomic mass is 79.9. The van der Waals surface area contributed by atoms with Gasteiger partial charge in [0.2, 0.25) is 0 Å². The van der Waals surface area contributed by atoms with Crippen molar-refractivity contribution < 1.29 is 14.7 Å². The number of halogens is 2. The van der Waals surface area contributed by atoms with Crippen molar-refractivity contribution in [1.29, 1.82) is 0 Å². The number of carboxylic acids is 1. The van der Waals surface area contributed by atoms with Crippen LogP contribution in [-0.2, 0) is 17.9 Å². The molecule has 1 aromatic carbocycles. The molecule has 9 heteroatoms. The number of hydrogen-bond donors (Lipinski definition) is 2. The zero-order chi connectivity index (χ0) is 21.0. The summed E-state index contributed by atoms with van der Waals surface area (Å²) < 4.78 is 2.86. The molecular weight excluding hydrogens is 504 g/mol. The van der Waals surface area contributed by atoms with Crippen LogP contribution in [0.4, 0.5) is 5.69 Å². The van der Waals surface area contributed by atoms with Gasteiger partial charge < -0.3 is 10.4 Å². The van der Waals surface area contributed by atoms with Crippen LogP contribution in [0.1, 0.15) is 48.2 Å². The van der Waals surface area contributed by atoms with Crippen LogP contribution in [0, 0.1) is 0 Å². The molecule has 3 rings (SSSR count). The minimum absolute atomic E-state index is 0.203. The SMILES string of the molecule is CN(Cc1cc(Br)cc(Br)c1NC(=O)c1ccnn1CC(=O)O)C1CCCCC1. The molecular formula is C20H24Br2N4O3. The maximum Gasteiger partial charge on any atom is 0.325 e. The van der Waals surface area contributed by atoms with Crippen molar-refractivity contribution in [1.82, 2.24) is 14.7 Å². The Balaban J connectivity index is 1.82. The number of nitrogens with one attached hydrogen (secondary N) is 1. The molecule has 1 aromatic heterocycles. The van der Waals surface area contributed by atoms with E-state index in [1.165, 1.54) is 49.0 Å². The first-order valence-corrected chi connectivity index (χ1v) is 11.2. The van der Waals surface area contributed by atoms with Crippen LogP contribution in [0.2, 0.25) is 0 Å². The first-order chi connectivity index (χ1) is 13.8. The topological polar surface area (TPSA) is 87.5 Å². The highest BCUT2D eigenvalue weighted by molar-refractivity contribution is 9.11. The maximum atomic E-state index is 12.8. The van der Waals surface area contributed by atoms with E-state index in [1.54, 1.807) is 0 Å². The number of nitrogens with zero attached hydrogens (tertiary/aromatic N) is 3. The van der Waals surface area contributed by atoms with Gasteiger partial charge in [-0.1, -0.05) is 35.2 Å². The van der Waals surface area contributed by atoms with Gasteiger partial charge in [0.25, 0.3) is 5.91 Å². The van der Waals surface area contributed by atoms with E-state index in [-0.39, 0.29) is 12.2 Å². The fourth-order valence-electron chi connectivity index (χ4n) is 3.77. The van der Waals surface area contributed by atoms with Crippen LogP contribution in [0.15, 0.2) is 33.3 Å². The zero-order valence-electron chi connectivity index (χ0n) is 16.2. The molecule has 29 heavy (non-hydrogen) atoms. The maximum absolute atomic E-state index is 12.8. The van der Waals surface area contributed by atoms with Crippen molar-refractivity contribution in [2.24, 2.45) is 0 Å². The van der Waals surface area contributed by atoms with Gasteiger partial charge in [-0.2, -0.15) is 5.10 Å². The van der Waals surface area contributed by atoms with Crippen LogP contribution in [0.3, 0.4) is 0 Å². The van der Waals surface area contributed by atoms with E-state index < -0.39 is 11.9 Å². The number of carbonyl (C=O) groups excluding carboxylic acids is 1. The van der Waals surface area contributed by atoms with Gasteiger partial charge in [0, 0.05) is 27.7 Å². The molecule has 7 nitrogen and oxygen atoms in total. The van der Waals surface area contributed by atoms with Crippen LogP contribution >= 0.6 is 31.9 Å². The summed E-state index contributed by atoms with van der Waals surface area (Å²) in [5, 5.41) is 15.9. The molecule has 2 aromatic rings. The monoisotopic (exact) mass is 526 g/mol. The van der Waals surface area contributed by atoms with Gasteiger partial charge in [-0.3, -0.25) is 14.5 Å². The minimum atomic E-state index is -1.05. The van der Waals surface area contributed by atoms with E-state index in [0.717, 1.165) is 14.5 Å². The minimum Gasteiger partial charge on any atom is -0.480 e. The first kappa shape index (κ1) is 22.0. The second-order valence-corrected chi connectivity index (χ2v) is 9.12. The second-order valence-electron chi connectivity index (χ2n) is 7.35. The molecule has 0 atom stereocenters. The van der Waals surface area contributed by atoms with Crippen LogP contribution in [0.25, 0.3) is 0 Å². The summed E-state index contributed by atoms with van der Waals surface area (Å²) in [5.74, 6) is -1.45. The summed E-state index contributed by atoms with van der Waals surface area (Å²) >= 11 is 7.09. The Morgan fingerprint density at radius 1 is 1.28 bits per heavy atom. The fraction of sp³-hybridized carbons (Fsp3) is 0.450. The standard InChI is InChI=1S/C20H24Br2N4O3/c1-25(15-5-3-2-4-6-15)11-13-9-14(21)10-16(22)19(13)24-20(29)17-7-8-23-26(17)12-18(27)28/h7-10,15H,2-6,11-12H2,1H3,(H,24,29)(H,27,28). The predicted octanol–water partition coefficient (Wildman–Crippen LogP) is 4.51. The van der Waals surface area contributed by atoms with E-state index in [9.17, 15) is 9.59 Å². The van der Waals surface area contributed by atoms with Gasteiger partial charge in [-0.05, 0) is 59.6 Å². The summed E-state index contributed by atoms with van der Waals surface area (Å²) in [6.45, 7) is 0.335. The number of aromatic nitrogens is 2. The van der Waals surface area contributed by atoms with Gasteiger partial charge >= 0.3 is 5.97 Å². The molecule has 2 N–H and O–H groups in total. The third-order valence-electron chi connectivity index (χ3n) is 5.23. The van der Waals surface area contributed by atoms with Crippen molar-refractivity contribution in [3.63, 3.8) is 0 Å². The normalized spacial score (nSPS) is 14.9. The number of carboxylic acid groups (broad SMARTS) is 1. The van der Waals surface area contributed by atoms with E-state index in [1.807, 2.05) is 12.1 Å². The number of amides is 1. The van der Waals surface area contributed by atoms with Gasteiger partial charge in [-0.25, -0.2) is 4.68 Å². The lowest BCUT2D eigenvalue weighted by atomic mass is 9.94. The summed E-state index contributed by atoms with van der Waals surface area (Å²) in [6, 6.07) is 5.95. The lowest BCUT2D eigenvalue weighted by Gasteiger charge is -2.32. The van der Waals surface area contributed by atoms with Crippen LogP contribution in [-0.4, -0.2) is 44.8 Å². The average molecular weight is 528 g/mol. The Labute approximate surface area is 186 Å². The third-order valence-corrected chi connectivity index (χ3v) is 6.31. The molecule has 0 saturated heterocycles. The predicted molar refractivity (Wildman–Crippen MR) is 118 cm³/mol. The van der Waals surface area contributed by atoms with Gasteiger partial charge in [0.05, 0.1) is 5.69 Å². The number of carbonyl (C=O) groups is 2. The first-order valence-electron chi connectivity index (χ1n) is 9.58. The molecule has 0 unspecified atom stereocenters. The molecule has 0 radical (unpaired) electrons. The molecule has 0 spiro atoms. The number of benzene rings is 1. The second kappa shape index (κ2) is 9.86. The Bertz CT molecular complexity index is 894. The molecule has 1 fully saturated rings. The van der Waals surface area contributed by atoms with Crippen molar-refractivity contribution >= 4 is 49.4 Å². The van der Waals surface area contributed by atoms with E-state index in [2.05, 4.69) is 54.2 Å². The summed E-state index contributed by atoms with van der Waals surface area (Å²) in [5.41, 5.74) is 1.87. The van der Waals surface area contributed by atoms with E-state index in [4.69, 9.17) is 5.11 Å². The number of aliphatic carboxylic acids is 1. The Morgan fingerprint density at radius 2 is 2.00 bits per heavy atom. The quantitative estimate of drug-likeness (QED) is 0.553. The van der Waals surface area contributed by atoms with Crippen LogP contribution < -0.4 is 5.32 Å². The Morgan fingerprint density at radius 3 is 2.69 bits per heavy atom. The van der Waals surface area contributed by atoms with Crippen molar-refractivity contribution in [3.05, 3.63) is 44.6 Å². The summed E-state index contributed by atoms with van der Waals surface area (Å²) in [6.07, 6.45) is 7.64. The fourth-order valence-corrected chi connectivity index (χ4v) is 5.18. The van der Waals surface area contributed by atoms with Crippen LogP contribution in [0.5, 0.6) is 0 Å². The Hall–Kier alpha value is -1.71. The zero-order valence-corrected chi connectivity index (χ0v) is 19.4. The molecule has 1 aliphatic carbocycles. The number of anilines is 1. The van der Waals surface area contributed by atoms with Gasteiger partial charge in [0.1, 0.15) is 12.2 Å². The molecule has 1 aliphatic rings. The summed E-state index contributed by atoms with van der Waals surface area (Å²) in [4.78, 5) is 26.2. The molecule has 0 aliphatic heterocycles. The molecule has 1 heterocycles. The largest absolute Gasteiger partial charge is 0.480 e. The van der Waals surface area contributed by atoms with E-state index in [0.29, 0.717) is 18.3 Å². The molecule has 0 bridgehead atoms. The molecule has 156 valence electrons. The highest BCUT2D eigenvalue weighted by Crippen LogP contribution is 2.33. The smallest absolute Gasteiger partial charge is 0.325 e. The lowest BCUT2D eigenvalue weighted by Crippen LogP contribution is -2.33. The number of rotatable bonds is 7. The average Bonchev–Trinajstić information content (AvgIpc) is 3.12. The molecule has 1 saturated carbocycles. The number of hydrogen-bond acceptors (Lipinski definition) is 4.